The summed E-state index contributed by atoms with van der Waals surface area (Å²) in [4.78, 5) is 13.8. The quantitative estimate of drug-likeness (QED) is 0.507. The first-order valence-corrected chi connectivity index (χ1v) is 12.6. The molecule has 3 heterocycles. The van der Waals surface area contributed by atoms with Crippen molar-refractivity contribution in [1.29, 1.82) is 0 Å². The number of benzene rings is 1. The Morgan fingerprint density at radius 3 is 2.80 bits per heavy atom. The Morgan fingerprint density at radius 2 is 2.07 bits per heavy atom. The van der Waals surface area contributed by atoms with Crippen LogP contribution in [0.5, 0.6) is 0 Å². The largest absolute Gasteiger partial charge is 0.407 e. The van der Waals surface area contributed by atoms with Crippen LogP contribution in [-0.2, 0) is 20.6 Å². The van der Waals surface area contributed by atoms with E-state index in [4.69, 9.17) is 16.0 Å². The van der Waals surface area contributed by atoms with Crippen molar-refractivity contribution in [1.82, 2.24) is 14.5 Å². The van der Waals surface area contributed by atoms with Crippen LogP contribution in [-0.4, -0.2) is 41.4 Å². The van der Waals surface area contributed by atoms with E-state index in [0.29, 0.717) is 28.8 Å². The third kappa shape index (κ3) is 4.70. The number of rotatable bonds is 7. The highest BCUT2D eigenvalue weighted by atomic mass is 35.5. The second-order valence-electron chi connectivity index (χ2n) is 6.42. The number of halogens is 1. The van der Waals surface area contributed by atoms with E-state index in [1.807, 2.05) is 30.3 Å². The van der Waals surface area contributed by atoms with Crippen LogP contribution in [0.4, 0.5) is 6.01 Å². The third-order valence-electron chi connectivity index (χ3n) is 4.42. The van der Waals surface area contributed by atoms with Gasteiger partial charge in [-0.15, -0.1) is 28.2 Å². The molecule has 0 bridgehead atoms. The summed E-state index contributed by atoms with van der Waals surface area (Å²) >= 11 is 8.37. The lowest BCUT2D eigenvalue weighted by molar-refractivity contribution is -0.119. The van der Waals surface area contributed by atoms with Gasteiger partial charge in [0.1, 0.15) is 10.3 Å². The molecule has 1 amide bonds. The fraction of sp³-hybridized carbons (Fsp3) is 0.278. The Kier molecular flexibility index (Phi) is 6.44. The van der Waals surface area contributed by atoms with Crippen LogP contribution in [0.25, 0.3) is 0 Å². The first kappa shape index (κ1) is 21.3. The van der Waals surface area contributed by atoms with E-state index in [-0.39, 0.29) is 16.8 Å². The number of hydrogen-bond acceptors (Lipinski definition) is 8. The minimum absolute atomic E-state index is 0.0490. The SMILES string of the molecule is O=C(Nc1nnc(CSc2ccccc2)o1)C1CCCN1S(=O)(=O)c1ccc(Cl)s1. The van der Waals surface area contributed by atoms with Gasteiger partial charge in [-0.3, -0.25) is 10.1 Å². The topological polar surface area (TPSA) is 105 Å². The molecule has 1 fully saturated rings. The molecule has 4 rings (SSSR count). The second kappa shape index (κ2) is 9.06. The van der Waals surface area contributed by atoms with Gasteiger partial charge in [0, 0.05) is 11.4 Å². The second-order valence-corrected chi connectivity index (χ2v) is 11.3. The van der Waals surface area contributed by atoms with E-state index >= 15 is 0 Å². The van der Waals surface area contributed by atoms with E-state index in [2.05, 4.69) is 15.5 Å². The molecule has 1 N–H and O–H groups in total. The van der Waals surface area contributed by atoms with Gasteiger partial charge >= 0.3 is 6.01 Å². The minimum Gasteiger partial charge on any atom is -0.407 e. The number of anilines is 1. The van der Waals surface area contributed by atoms with Gasteiger partial charge in [-0.25, -0.2) is 8.42 Å². The first-order valence-electron chi connectivity index (χ1n) is 9.02. The van der Waals surface area contributed by atoms with Gasteiger partial charge in [0.15, 0.2) is 0 Å². The van der Waals surface area contributed by atoms with Crippen molar-refractivity contribution >= 4 is 56.6 Å². The normalized spacial score (nSPS) is 17.3. The molecule has 12 heteroatoms. The molecule has 30 heavy (non-hydrogen) atoms. The molecule has 2 aromatic heterocycles. The lowest BCUT2D eigenvalue weighted by atomic mass is 10.2. The number of nitrogens with zero attached hydrogens (tertiary/aromatic N) is 3. The summed E-state index contributed by atoms with van der Waals surface area (Å²) in [5.74, 6) is 0.323. The lowest BCUT2D eigenvalue weighted by Gasteiger charge is -2.21. The highest BCUT2D eigenvalue weighted by Crippen LogP contribution is 2.32. The van der Waals surface area contributed by atoms with Crippen LogP contribution in [0.15, 0.2) is 56.0 Å². The average Bonchev–Trinajstić information content (AvgIpc) is 3.48. The summed E-state index contributed by atoms with van der Waals surface area (Å²) in [5.41, 5.74) is 0. The van der Waals surface area contributed by atoms with E-state index in [1.165, 1.54) is 28.2 Å². The number of hydrogen-bond donors (Lipinski definition) is 1. The van der Waals surface area contributed by atoms with E-state index in [0.717, 1.165) is 16.2 Å². The van der Waals surface area contributed by atoms with Crippen LogP contribution in [0.1, 0.15) is 18.7 Å². The minimum atomic E-state index is -3.80. The van der Waals surface area contributed by atoms with Gasteiger partial charge in [0.2, 0.25) is 11.8 Å². The van der Waals surface area contributed by atoms with Crippen molar-refractivity contribution in [3.8, 4) is 0 Å². The molecule has 3 aromatic rings. The summed E-state index contributed by atoms with van der Waals surface area (Å²) < 4.78 is 32.9. The van der Waals surface area contributed by atoms with Crippen molar-refractivity contribution < 1.29 is 17.6 Å². The maximum Gasteiger partial charge on any atom is 0.322 e. The molecule has 1 unspecified atom stereocenters. The van der Waals surface area contributed by atoms with Gasteiger partial charge in [-0.2, -0.15) is 4.31 Å². The Hall–Kier alpha value is -1.92. The number of aromatic nitrogens is 2. The first-order chi connectivity index (χ1) is 14.4. The monoisotopic (exact) mass is 484 g/mol. The van der Waals surface area contributed by atoms with Crippen LogP contribution in [0.2, 0.25) is 4.34 Å². The summed E-state index contributed by atoms with van der Waals surface area (Å²) in [6, 6.07) is 11.8. The maximum atomic E-state index is 12.9. The van der Waals surface area contributed by atoms with Crippen LogP contribution >= 0.6 is 34.7 Å². The summed E-state index contributed by atoms with van der Waals surface area (Å²) in [6.07, 6.45) is 0.994. The zero-order valence-corrected chi connectivity index (χ0v) is 18.7. The molecule has 1 saturated heterocycles. The Labute approximate surface area is 186 Å². The smallest absolute Gasteiger partial charge is 0.322 e. The predicted octanol–water partition coefficient (Wildman–Crippen LogP) is 3.87. The summed E-state index contributed by atoms with van der Waals surface area (Å²) in [6.45, 7) is 0.263. The molecule has 1 aliphatic heterocycles. The van der Waals surface area contributed by atoms with Crippen molar-refractivity contribution in [3.63, 3.8) is 0 Å². The molecule has 0 spiro atoms. The predicted molar refractivity (Wildman–Crippen MR) is 115 cm³/mol. The third-order valence-corrected chi connectivity index (χ3v) is 9.02. The van der Waals surface area contributed by atoms with E-state index < -0.39 is 22.0 Å². The van der Waals surface area contributed by atoms with Gasteiger partial charge < -0.3 is 4.42 Å². The molecular formula is C18H17ClN4O4S3. The molecule has 0 radical (unpaired) electrons. The Morgan fingerprint density at radius 1 is 1.27 bits per heavy atom. The summed E-state index contributed by atoms with van der Waals surface area (Å²) in [5, 5.41) is 10.3. The number of carbonyl (C=O) groups excluding carboxylic acids is 1. The maximum absolute atomic E-state index is 12.9. The van der Waals surface area contributed by atoms with E-state index in [1.54, 1.807) is 0 Å². The van der Waals surface area contributed by atoms with Crippen molar-refractivity contribution in [3.05, 3.63) is 52.7 Å². The fourth-order valence-corrected chi connectivity index (χ4v) is 7.08. The molecular weight excluding hydrogens is 468 g/mol. The lowest BCUT2D eigenvalue weighted by Crippen LogP contribution is -2.42. The molecule has 1 atom stereocenters. The van der Waals surface area contributed by atoms with Gasteiger partial charge in [-0.1, -0.05) is 34.9 Å². The number of thiophene rings is 1. The zero-order chi connectivity index (χ0) is 21.1. The average molecular weight is 485 g/mol. The number of amides is 1. The van der Waals surface area contributed by atoms with Crippen molar-refractivity contribution in [2.75, 3.05) is 11.9 Å². The van der Waals surface area contributed by atoms with Gasteiger partial charge in [-0.05, 0) is 37.1 Å². The molecule has 1 aromatic carbocycles. The molecule has 1 aliphatic rings. The number of carbonyl (C=O) groups is 1. The number of thioether (sulfide) groups is 1. The highest BCUT2D eigenvalue weighted by Gasteiger charge is 2.40. The fourth-order valence-electron chi connectivity index (χ4n) is 3.05. The van der Waals surface area contributed by atoms with Crippen LogP contribution in [0, 0.1) is 0 Å². The Balaban J connectivity index is 1.40. The number of nitrogens with one attached hydrogen (secondary N) is 1. The molecule has 0 saturated carbocycles. The molecule has 0 aliphatic carbocycles. The van der Waals surface area contributed by atoms with Crippen molar-refractivity contribution in [2.45, 2.75) is 33.7 Å². The Bertz CT molecular complexity index is 1130. The highest BCUT2D eigenvalue weighted by molar-refractivity contribution is 7.98. The van der Waals surface area contributed by atoms with Crippen molar-refractivity contribution in [2.24, 2.45) is 0 Å². The summed E-state index contributed by atoms with van der Waals surface area (Å²) in [7, 11) is -3.80. The number of sulfonamides is 1. The van der Waals surface area contributed by atoms with Crippen LogP contribution < -0.4 is 5.32 Å². The van der Waals surface area contributed by atoms with Gasteiger partial charge in [0.05, 0.1) is 10.1 Å². The zero-order valence-electron chi connectivity index (χ0n) is 15.5. The standard InChI is InChI=1S/C18H17ClN4O4S3/c19-14-8-9-16(29-14)30(25,26)23-10-4-7-13(23)17(24)20-18-22-21-15(27-18)11-28-12-5-2-1-3-6-12/h1-3,5-6,8-9,13H,4,7,10-11H2,(H,20,22,24). The van der Waals surface area contributed by atoms with E-state index in [9.17, 15) is 13.2 Å². The molecule has 8 nitrogen and oxygen atoms in total. The van der Waals surface area contributed by atoms with Gasteiger partial charge in [0.25, 0.3) is 10.0 Å². The van der Waals surface area contributed by atoms with Crippen LogP contribution in [0.3, 0.4) is 0 Å². The molecule has 158 valence electrons.